The van der Waals surface area contributed by atoms with E-state index in [0.717, 1.165) is 79.4 Å². The van der Waals surface area contributed by atoms with E-state index in [1.54, 1.807) is 0 Å². The van der Waals surface area contributed by atoms with Crippen molar-refractivity contribution in [3.8, 4) is 11.1 Å². The predicted octanol–water partition coefficient (Wildman–Crippen LogP) is 6.35. The zero-order valence-corrected chi connectivity index (χ0v) is 27.5. The molecule has 5 N–H and O–H groups in total. The fraction of sp³-hybridized carbons (Fsp3) is 0.342. The number of amides is 2. The van der Waals surface area contributed by atoms with Gasteiger partial charge in [0.25, 0.3) is 0 Å². The van der Waals surface area contributed by atoms with Crippen molar-refractivity contribution in [2.45, 2.75) is 51.2 Å². The molecule has 1 aromatic heterocycles. The highest BCUT2D eigenvalue weighted by molar-refractivity contribution is 5.96. The van der Waals surface area contributed by atoms with E-state index in [4.69, 9.17) is 20.6 Å². The summed E-state index contributed by atoms with van der Waals surface area (Å²) in [6.07, 6.45) is 3.61. The maximum absolute atomic E-state index is 12.8. The molecule has 2 saturated heterocycles. The molecule has 3 atom stereocenters. The zero-order valence-electron chi connectivity index (χ0n) is 27.5. The Morgan fingerprint density at radius 1 is 0.917 bits per heavy atom. The first kappa shape index (κ1) is 32.8. The molecule has 2 amide bonds. The van der Waals surface area contributed by atoms with Crippen molar-refractivity contribution in [1.29, 1.82) is 0 Å². The second kappa shape index (κ2) is 14.8. The number of ether oxygens (including phenoxy) is 1. The van der Waals surface area contributed by atoms with Crippen LogP contribution in [0.4, 0.5) is 27.7 Å². The molecule has 0 aliphatic carbocycles. The lowest BCUT2D eigenvalue weighted by molar-refractivity contribution is -0.119. The van der Waals surface area contributed by atoms with E-state index in [-0.39, 0.29) is 23.9 Å². The van der Waals surface area contributed by atoms with E-state index < -0.39 is 12.1 Å². The van der Waals surface area contributed by atoms with E-state index in [1.165, 1.54) is 5.56 Å². The summed E-state index contributed by atoms with van der Waals surface area (Å²) in [6.45, 7) is 6.80. The number of carbonyl (C=O) groups is 2. The Morgan fingerprint density at radius 3 is 2.23 bits per heavy atom. The van der Waals surface area contributed by atoms with E-state index in [1.807, 2.05) is 56.4 Å². The van der Waals surface area contributed by atoms with Crippen LogP contribution >= 0.6 is 0 Å². The molecule has 10 nitrogen and oxygen atoms in total. The summed E-state index contributed by atoms with van der Waals surface area (Å²) in [5.41, 5.74) is 13.2. The van der Waals surface area contributed by atoms with Crippen molar-refractivity contribution >= 4 is 34.9 Å². The monoisotopic (exact) mass is 648 g/mol. The van der Waals surface area contributed by atoms with Gasteiger partial charge < -0.3 is 36.0 Å². The molecule has 2 aliphatic rings. The number of nitrogens with zero attached hydrogens (tertiary/aromatic N) is 3. The first-order valence-corrected chi connectivity index (χ1v) is 16.7. The SMILES string of the molecule is CC(C)[C@H](NC(=O)O)C(=O)Nc1ccc(CC2CCC(c3ccc(N)cc3)N2c2ccc(-c3ccc(N4CCOCC4)nc3)cc2)cc1. The number of rotatable bonds is 10. The Hall–Kier alpha value is -5.09. The molecule has 250 valence electrons. The number of nitrogens with two attached hydrogens (primary N) is 1. The molecular weight excluding hydrogens is 604 g/mol. The summed E-state index contributed by atoms with van der Waals surface area (Å²) in [6, 6.07) is 28.7. The maximum atomic E-state index is 12.8. The molecule has 0 radical (unpaired) electrons. The van der Waals surface area contributed by atoms with Crippen LogP contribution in [0.5, 0.6) is 0 Å². The summed E-state index contributed by atoms with van der Waals surface area (Å²) in [4.78, 5) is 33.5. The quantitative estimate of drug-likeness (QED) is 0.146. The number of nitrogens with one attached hydrogen (secondary N) is 2. The fourth-order valence-corrected chi connectivity index (χ4v) is 6.77. The Bertz CT molecular complexity index is 1670. The number of carboxylic acid groups (broad SMARTS) is 1. The van der Waals surface area contributed by atoms with Crippen molar-refractivity contribution in [3.63, 3.8) is 0 Å². The highest BCUT2D eigenvalue weighted by Crippen LogP contribution is 2.42. The summed E-state index contributed by atoms with van der Waals surface area (Å²) in [5, 5.41) is 14.3. The summed E-state index contributed by atoms with van der Waals surface area (Å²) >= 11 is 0. The minimum Gasteiger partial charge on any atom is -0.465 e. The number of hydrogen-bond donors (Lipinski definition) is 4. The number of pyridine rings is 1. The fourth-order valence-electron chi connectivity index (χ4n) is 6.77. The Balaban J connectivity index is 1.19. The van der Waals surface area contributed by atoms with E-state index in [9.17, 15) is 9.59 Å². The molecule has 2 unspecified atom stereocenters. The molecular formula is C38H44N6O4. The summed E-state index contributed by atoms with van der Waals surface area (Å²) in [7, 11) is 0. The van der Waals surface area contributed by atoms with Crippen LogP contribution in [0, 0.1) is 5.92 Å². The average molecular weight is 649 g/mol. The molecule has 3 aromatic carbocycles. The lowest BCUT2D eigenvalue weighted by Gasteiger charge is -2.33. The van der Waals surface area contributed by atoms with Crippen LogP contribution in [-0.2, 0) is 16.0 Å². The van der Waals surface area contributed by atoms with Crippen molar-refractivity contribution in [3.05, 3.63) is 102 Å². The summed E-state index contributed by atoms with van der Waals surface area (Å²) < 4.78 is 5.48. The molecule has 48 heavy (non-hydrogen) atoms. The molecule has 0 saturated carbocycles. The molecule has 4 aromatic rings. The second-order valence-corrected chi connectivity index (χ2v) is 12.9. The van der Waals surface area contributed by atoms with Crippen LogP contribution in [0.15, 0.2) is 91.1 Å². The van der Waals surface area contributed by atoms with Gasteiger partial charge in [-0.15, -0.1) is 0 Å². The lowest BCUT2D eigenvalue weighted by atomic mass is 10.0. The number of morpholine rings is 1. The minimum atomic E-state index is -1.22. The normalized spacial score (nSPS) is 18.5. The predicted molar refractivity (Wildman–Crippen MR) is 190 cm³/mol. The van der Waals surface area contributed by atoms with Gasteiger partial charge in [-0.25, -0.2) is 9.78 Å². The smallest absolute Gasteiger partial charge is 0.405 e. The van der Waals surface area contributed by atoms with Gasteiger partial charge in [-0.05, 0) is 90.4 Å². The molecule has 2 fully saturated rings. The van der Waals surface area contributed by atoms with Gasteiger partial charge in [0, 0.05) is 48.0 Å². The zero-order chi connectivity index (χ0) is 33.6. The number of hydrogen-bond acceptors (Lipinski definition) is 7. The third-order valence-electron chi connectivity index (χ3n) is 9.33. The topological polar surface area (TPSA) is 133 Å². The van der Waals surface area contributed by atoms with Crippen molar-refractivity contribution in [2.24, 2.45) is 5.92 Å². The molecule has 0 bridgehead atoms. The maximum Gasteiger partial charge on any atom is 0.405 e. The standard InChI is InChI=1S/C38H44N6O4/c1-25(2)36(42-38(46)47)37(45)41-31-12-3-26(4-13-31)23-33-16-17-34(28-5-10-30(39)11-6-28)44(33)32-14-7-27(8-15-32)29-9-18-35(40-24-29)43-19-21-48-22-20-43/h3-15,18,24-25,33-34,36,42H,16-17,19-23,39H2,1-2H3,(H,41,45)(H,46,47)/t33?,34?,36-/m0/s1. The third kappa shape index (κ3) is 7.71. The van der Waals surface area contributed by atoms with E-state index in [2.05, 4.69) is 69.0 Å². The van der Waals surface area contributed by atoms with Crippen LogP contribution < -0.4 is 26.2 Å². The Kier molecular flexibility index (Phi) is 10.1. The minimum absolute atomic E-state index is 0.186. The van der Waals surface area contributed by atoms with Gasteiger partial charge in [0.2, 0.25) is 5.91 Å². The second-order valence-electron chi connectivity index (χ2n) is 12.9. The number of aromatic nitrogens is 1. The lowest BCUT2D eigenvalue weighted by Crippen LogP contribution is -2.46. The average Bonchev–Trinajstić information content (AvgIpc) is 3.52. The van der Waals surface area contributed by atoms with Crippen LogP contribution in [0.25, 0.3) is 11.1 Å². The van der Waals surface area contributed by atoms with E-state index in [0.29, 0.717) is 5.69 Å². The van der Waals surface area contributed by atoms with Gasteiger partial charge in [-0.3, -0.25) is 4.79 Å². The number of anilines is 4. The summed E-state index contributed by atoms with van der Waals surface area (Å²) in [5.74, 6) is 0.422. The van der Waals surface area contributed by atoms with Crippen molar-refractivity contribution in [2.75, 3.05) is 47.2 Å². The molecule has 6 rings (SSSR count). The van der Waals surface area contributed by atoms with Crippen LogP contribution in [0.1, 0.15) is 43.9 Å². The van der Waals surface area contributed by atoms with Crippen LogP contribution in [0.3, 0.4) is 0 Å². The van der Waals surface area contributed by atoms with Crippen molar-refractivity contribution in [1.82, 2.24) is 10.3 Å². The first-order valence-electron chi connectivity index (χ1n) is 16.7. The number of carbonyl (C=O) groups excluding carboxylic acids is 1. The van der Waals surface area contributed by atoms with Gasteiger partial charge in [-0.2, -0.15) is 0 Å². The van der Waals surface area contributed by atoms with E-state index >= 15 is 0 Å². The van der Waals surface area contributed by atoms with Crippen LogP contribution in [0.2, 0.25) is 0 Å². The van der Waals surface area contributed by atoms with Gasteiger partial charge in [0.1, 0.15) is 11.9 Å². The third-order valence-corrected chi connectivity index (χ3v) is 9.33. The first-order chi connectivity index (χ1) is 23.2. The van der Waals surface area contributed by atoms with Crippen LogP contribution in [-0.4, -0.2) is 60.5 Å². The van der Waals surface area contributed by atoms with Gasteiger partial charge in [0.15, 0.2) is 0 Å². The molecule has 2 aliphatic heterocycles. The highest BCUT2D eigenvalue weighted by atomic mass is 16.5. The molecule has 10 heteroatoms. The van der Waals surface area contributed by atoms with Gasteiger partial charge >= 0.3 is 6.09 Å². The van der Waals surface area contributed by atoms with Crippen molar-refractivity contribution < 1.29 is 19.4 Å². The van der Waals surface area contributed by atoms with Gasteiger partial charge in [0.05, 0.1) is 19.3 Å². The Morgan fingerprint density at radius 2 is 1.60 bits per heavy atom. The largest absolute Gasteiger partial charge is 0.465 e. The number of benzene rings is 3. The number of nitrogen functional groups attached to an aromatic ring is 1. The Labute approximate surface area is 281 Å². The van der Waals surface area contributed by atoms with Gasteiger partial charge in [-0.1, -0.05) is 50.2 Å². The molecule has 3 heterocycles. The highest BCUT2D eigenvalue weighted by Gasteiger charge is 2.34. The molecule has 0 spiro atoms.